The first-order chi connectivity index (χ1) is 9.61. The van der Waals surface area contributed by atoms with Gasteiger partial charge in [0.2, 0.25) is 0 Å². The molecule has 0 bridgehead atoms. The van der Waals surface area contributed by atoms with E-state index < -0.39 is 0 Å². The van der Waals surface area contributed by atoms with Crippen LogP contribution in [0.15, 0.2) is 30.3 Å². The number of benzene rings is 2. The lowest BCUT2D eigenvalue weighted by atomic mass is 10.1. The van der Waals surface area contributed by atoms with Crippen LogP contribution in [0.3, 0.4) is 0 Å². The molecule has 102 valence electrons. The number of para-hydroxylation sites is 1. The number of methoxy groups -OCH3 is 1. The van der Waals surface area contributed by atoms with Crippen LogP contribution in [0.1, 0.15) is 11.1 Å². The molecule has 5 heteroatoms. The second-order valence-electron chi connectivity index (χ2n) is 4.72. The maximum Gasteiger partial charge on any atom is 0.155 e. The molecule has 20 heavy (non-hydrogen) atoms. The van der Waals surface area contributed by atoms with E-state index in [1.54, 1.807) is 13.2 Å². The van der Waals surface area contributed by atoms with Crippen molar-refractivity contribution in [2.24, 2.45) is 0 Å². The van der Waals surface area contributed by atoms with Crippen LogP contribution in [0.25, 0.3) is 16.7 Å². The highest BCUT2D eigenvalue weighted by Gasteiger charge is 2.15. The summed E-state index contributed by atoms with van der Waals surface area (Å²) in [6.45, 7) is 4.11. The van der Waals surface area contributed by atoms with Crippen LogP contribution >= 0.6 is 11.6 Å². The fraction of sp³-hybridized carbons (Fsp3) is 0.200. The molecule has 0 fully saturated rings. The molecule has 0 amide bonds. The first-order valence-corrected chi connectivity index (χ1v) is 6.65. The van der Waals surface area contributed by atoms with Crippen molar-refractivity contribution < 1.29 is 4.74 Å². The number of halogens is 1. The summed E-state index contributed by atoms with van der Waals surface area (Å²) in [5.74, 6) is 0.630. The van der Waals surface area contributed by atoms with E-state index in [0.717, 1.165) is 22.3 Å². The Hall–Kier alpha value is -2.07. The minimum Gasteiger partial charge on any atom is -0.494 e. The van der Waals surface area contributed by atoms with Crippen molar-refractivity contribution in [2.75, 3.05) is 7.11 Å². The standard InChI is InChI=1S/C15H14ClN3O/c1-9-5-4-6-10(2)15(9)19-12-7-11(16)8-13(20-3)14(12)17-18-19/h4-8H,1-3H3. The Labute approximate surface area is 121 Å². The molecule has 0 spiro atoms. The van der Waals surface area contributed by atoms with Gasteiger partial charge in [0, 0.05) is 11.1 Å². The van der Waals surface area contributed by atoms with Crippen molar-refractivity contribution in [1.82, 2.24) is 15.0 Å². The summed E-state index contributed by atoms with van der Waals surface area (Å²) in [7, 11) is 1.60. The van der Waals surface area contributed by atoms with E-state index in [1.165, 1.54) is 0 Å². The van der Waals surface area contributed by atoms with Gasteiger partial charge in [-0.3, -0.25) is 0 Å². The van der Waals surface area contributed by atoms with Crippen molar-refractivity contribution >= 4 is 22.6 Å². The molecule has 0 N–H and O–H groups in total. The molecular weight excluding hydrogens is 274 g/mol. The van der Waals surface area contributed by atoms with Gasteiger partial charge in [-0.15, -0.1) is 5.10 Å². The zero-order valence-corrected chi connectivity index (χ0v) is 12.3. The summed E-state index contributed by atoms with van der Waals surface area (Å²) in [4.78, 5) is 0. The minimum absolute atomic E-state index is 0.601. The molecule has 3 aromatic rings. The SMILES string of the molecule is COc1cc(Cl)cc2c1nnn2-c1c(C)cccc1C. The Balaban J connectivity index is 2.36. The van der Waals surface area contributed by atoms with Gasteiger partial charge in [-0.05, 0) is 31.0 Å². The van der Waals surface area contributed by atoms with E-state index in [2.05, 4.69) is 36.3 Å². The summed E-state index contributed by atoms with van der Waals surface area (Å²) in [6.07, 6.45) is 0. The van der Waals surface area contributed by atoms with E-state index >= 15 is 0 Å². The Morgan fingerprint density at radius 2 is 1.85 bits per heavy atom. The van der Waals surface area contributed by atoms with Gasteiger partial charge >= 0.3 is 0 Å². The molecule has 0 saturated carbocycles. The molecule has 0 atom stereocenters. The largest absolute Gasteiger partial charge is 0.494 e. The number of rotatable bonds is 2. The zero-order chi connectivity index (χ0) is 14.3. The molecule has 3 rings (SSSR count). The Morgan fingerprint density at radius 3 is 2.50 bits per heavy atom. The molecule has 0 aliphatic heterocycles. The minimum atomic E-state index is 0.601. The molecule has 4 nitrogen and oxygen atoms in total. The predicted octanol–water partition coefficient (Wildman–Crippen LogP) is 3.70. The van der Waals surface area contributed by atoms with Crippen LogP contribution in [0.4, 0.5) is 0 Å². The van der Waals surface area contributed by atoms with E-state index in [0.29, 0.717) is 16.3 Å². The topological polar surface area (TPSA) is 39.9 Å². The van der Waals surface area contributed by atoms with Gasteiger partial charge in [-0.1, -0.05) is 35.0 Å². The summed E-state index contributed by atoms with van der Waals surface area (Å²) in [5.41, 5.74) is 4.84. The third-order valence-corrected chi connectivity index (χ3v) is 3.57. The summed E-state index contributed by atoms with van der Waals surface area (Å²) >= 11 is 6.15. The van der Waals surface area contributed by atoms with Crippen molar-refractivity contribution in [2.45, 2.75) is 13.8 Å². The van der Waals surface area contributed by atoms with Crippen LogP contribution in [0.5, 0.6) is 5.75 Å². The maximum atomic E-state index is 6.15. The van der Waals surface area contributed by atoms with Crippen LogP contribution in [0, 0.1) is 13.8 Å². The van der Waals surface area contributed by atoms with E-state index in [1.807, 2.05) is 16.8 Å². The molecule has 0 radical (unpaired) electrons. The molecular formula is C15H14ClN3O. The molecule has 0 aliphatic carbocycles. The molecule has 0 saturated heterocycles. The number of ether oxygens (including phenoxy) is 1. The highest BCUT2D eigenvalue weighted by molar-refractivity contribution is 6.31. The summed E-state index contributed by atoms with van der Waals surface area (Å²) < 4.78 is 7.13. The van der Waals surface area contributed by atoms with Crippen molar-refractivity contribution in [3.63, 3.8) is 0 Å². The molecule has 0 aliphatic rings. The maximum absolute atomic E-state index is 6.15. The van der Waals surface area contributed by atoms with Gasteiger partial charge in [0.05, 0.1) is 18.3 Å². The molecule has 0 unspecified atom stereocenters. The Kier molecular flexibility index (Phi) is 3.10. The fourth-order valence-corrected chi connectivity index (χ4v) is 2.62. The second kappa shape index (κ2) is 4.80. The smallest absolute Gasteiger partial charge is 0.155 e. The molecule has 1 aromatic heterocycles. The van der Waals surface area contributed by atoms with Crippen LogP contribution < -0.4 is 4.74 Å². The first kappa shape index (κ1) is 12.9. The lowest BCUT2D eigenvalue weighted by Gasteiger charge is -2.10. The molecule has 1 heterocycles. The number of aryl methyl sites for hydroxylation is 2. The van der Waals surface area contributed by atoms with Crippen LogP contribution in [0.2, 0.25) is 5.02 Å². The van der Waals surface area contributed by atoms with Gasteiger partial charge in [0.25, 0.3) is 0 Å². The van der Waals surface area contributed by atoms with Crippen LogP contribution in [-0.4, -0.2) is 22.1 Å². The monoisotopic (exact) mass is 287 g/mol. The highest BCUT2D eigenvalue weighted by Crippen LogP contribution is 2.30. The molecule has 2 aromatic carbocycles. The number of nitrogens with zero attached hydrogens (tertiary/aromatic N) is 3. The van der Waals surface area contributed by atoms with E-state index in [4.69, 9.17) is 16.3 Å². The van der Waals surface area contributed by atoms with Crippen LogP contribution in [-0.2, 0) is 0 Å². The van der Waals surface area contributed by atoms with Crippen molar-refractivity contribution in [1.29, 1.82) is 0 Å². The van der Waals surface area contributed by atoms with Gasteiger partial charge in [-0.2, -0.15) is 0 Å². The van der Waals surface area contributed by atoms with E-state index in [-0.39, 0.29) is 0 Å². The second-order valence-corrected chi connectivity index (χ2v) is 5.15. The summed E-state index contributed by atoms with van der Waals surface area (Å²) in [5, 5.41) is 9.08. The zero-order valence-electron chi connectivity index (χ0n) is 11.5. The third-order valence-electron chi connectivity index (χ3n) is 3.35. The first-order valence-electron chi connectivity index (χ1n) is 6.27. The lowest BCUT2D eigenvalue weighted by molar-refractivity contribution is 0.419. The van der Waals surface area contributed by atoms with Crippen molar-refractivity contribution in [3.05, 3.63) is 46.5 Å². The van der Waals surface area contributed by atoms with Gasteiger partial charge in [-0.25, -0.2) is 4.68 Å². The Morgan fingerprint density at radius 1 is 1.15 bits per heavy atom. The predicted molar refractivity (Wildman–Crippen MR) is 79.9 cm³/mol. The van der Waals surface area contributed by atoms with Gasteiger partial charge < -0.3 is 4.74 Å². The third kappa shape index (κ3) is 1.93. The van der Waals surface area contributed by atoms with Crippen molar-refractivity contribution in [3.8, 4) is 11.4 Å². The lowest BCUT2D eigenvalue weighted by Crippen LogP contribution is -2.02. The van der Waals surface area contributed by atoms with E-state index in [9.17, 15) is 0 Å². The number of fused-ring (bicyclic) bond motifs is 1. The normalized spacial score (nSPS) is 11.0. The average Bonchev–Trinajstić information content (AvgIpc) is 2.81. The number of hydrogen-bond acceptors (Lipinski definition) is 3. The van der Waals surface area contributed by atoms with Gasteiger partial charge in [0.1, 0.15) is 5.75 Å². The quantitative estimate of drug-likeness (QED) is 0.721. The summed E-state index contributed by atoms with van der Waals surface area (Å²) in [6, 6.07) is 9.73. The number of aromatic nitrogens is 3. The highest BCUT2D eigenvalue weighted by atomic mass is 35.5. The van der Waals surface area contributed by atoms with Gasteiger partial charge in [0.15, 0.2) is 5.52 Å². The number of hydrogen-bond donors (Lipinski definition) is 0. The fourth-order valence-electron chi connectivity index (χ4n) is 2.42. The average molecular weight is 288 g/mol. The Bertz CT molecular complexity index is 775.